The van der Waals surface area contributed by atoms with Gasteiger partial charge in [-0.15, -0.1) is 0 Å². The van der Waals surface area contributed by atoms with Gasteiger partial charge in [-0.25, -0.2) is 14.4 Å². The highest BCUT2D eigenvalue weighted by molar-refractivity contribution is 6.12. The molecule has 0 saturated heterocycles. The van der Waals surface area contributed by atoms with Crippen LogP contribution in [0, 0.1) is 6.92 Å². The van der Waals surface area contributed by atoms with Crippen LogP contribution in [0.3, 0.4) is 0 Å². The van der Waals surface area contributed by atoms with E-state index in [1.54, 1.807) is 48.5 Å². The second kappa shape index (κ2) is 8.30. The highest BCUT2D eigenvalue weighted by atomic mass is 16.6. The number of aldehydes is 1. The summed E-state index contributed by atoms with van der Waals surface area (Å²) in [5, 5.41) is 0.469. The third kappa shape index (κ3) is 5.46. The van der Waals surface area contributed by atoms with Crippen LogP contribution in [0.15, 0.2) is 27.4 Å². The topological polar surface area (TPSA) is 103 Å². The standard InChI is InChI=1S/C22H27NO7/c1-13-12-17(25)28-16-9-8-15(14(10-11-24)18(13)16)23(19(26)29-21(2,3)4)20(27)30-22(5,6)7/h8-9,11-12H,10H2,1-7H3. The van der Waals surface area contributed by atoms with Crippen LogP contribution < -0.4 is 10.5 Å². The summed E-state index contributed by atoms with van der Waals surface area (Å²) in [7, 11) is 0. The minimum Gasteiger partial charge on any atom is -0.443 e. The molecule has 2 rings (SSSR count). The largest absolute Gasteiger partial charge is 0.443 e. The van der Waals surface area contributed by atoms with Gasteiger partial charge >= 0.3 is 17.8 Å². The number of nitrogens with zero attached hydrogens (tertiary/aromatic N) is 1. The third-order valence-electron chi connectivity index (χ3n) is 3.87. The number of hydrogen-bond donors (Lipinski definition) is 0. The number of aryl methyl sites for hydroxylation is 1. The van der Waals surface area contributed by atoms with Crippen LogP contribution in [0.4, 0.5) is 15.3 Å². The van der Waals surface area contributed by atoms with Crippen molar-refractivity contribution in [2.75, 3.05) is 4.90 Å². The number of benzene rings is 1. The SMILES string of the molecule is Cc1cc(=O)oc2ccc(N(C(=O)OC(C)(C)C)C(=O)OC(C)(C)C)c(CC=O)c12. The molecule has 162 valence electrons. The lowest BCUT2D eigenvalue weighted by Crippen LogP contribution is -2.44. The van der Waals surface area contributed by atoms with Crippen LogP contribution in [0.25, 0.3) is 11.0 Å². The molecule has 0 aliphatic carbocycles. The van der Waals surface area contributed by atoms with Gasteiger partial charge in [0.05, 0.1) is 5.69 Å². The molecular weight excluding hydrogens is 390 g/mol. The molecule has 1 aromatic heterocycles. The Hall–Kier alpha value is -3.16. The smallest absolute Gasteiger partial charge is 0.424 e. The third-order valence-corrected chi connectivity index (χ3v) is 3.87. The number of ether oxygens (including phenoxy) is 2. The first-order valence-corrected chi connectivity index (χ1v) is 9.49. The molecule has 0 radical (unpaired) electrons. The number of anilines is 1. The Morgan fingerprint density at radius 3 is 2.03 bits per heavy atom. The quantitative estimate of drug-likeness (QED) is 0.534. The zero-order valence-corrected chi connectivity index (χ0v) is 18.3. The molecule has 0 spiro atoms. The number of amides is 2. The molecule has 30 heavy (non-hydrogen) atoms. The van der Waals surface area contributed by atoms with Crippen LogP contribution in [0.2, 0.25) is 0 Å². The van der Waals surface area contributed by atoms with Gasteiger partial charge in [0.2, 0.25) is 0 Å². The zero-order valence-electron chi connectivity index (χ0n) is 18.3. The average molecular weight is 417 g/mol. The number of fused-ring (bicyclic) bond motifs is 1. The van der Waals surface area contributed by atoms with Crippen molar-refractivity contribution in [1.29, 1.82) is 0 Å². The van der Waals surface area contributed by atoms with Crippen molar-refractivity contribution in [3.8, 4) is 0 Å². The monoisotopic (exact) mass is 417 g/mol. The second-order valence-corrected chi connectivity index (χ2v) is 8.85. The summed E-state index contributed by atoms with van der Waals surface area (Å²) >= 11 is 0. The Labute approximate surface area is 174 Å². The summed E-state index contributed by atoms with van der Waals surface area (Å²) in [6, 6.07) is 4.18. The molecular formula is C22H27NO7. The predicted molar refractivity (Wildman–Crippen MR) is 112 cm³/mol. The highest BCUT2D eigenvalue weighted by Gasteiger charge is 2.34. The van der Waals surface area contributed by atoms with Crippen molar-refractivity contribution in [3.05, 3.63) is 39.7 Å². The molecule has 0 aliphatic rings. The highest BCUT2D eigenvalue weighted by Crippen LogP contribution is 2.32. The van der Waals surface area contributed by atoms with Crippen molar-refractivity contribution in [2.45, 2.75) is 66.1 Å². The van der Waals surface area contributed by atoms with Crippen LogP contribution in [0.5, 0.6) is 0 Å². The van der Waals surface area contributed by atoms with E-state index in [1.807, 2.05) is 0 Å². The molecule has 0 unspecified atom stereocenters. The van der Waals surface area contributed by atoms with Gasteiger partial charge in [-0.05, 0) is 71.7 Å². The molecule has 0 atom stereocenters. The van der Waals surface area contributed by atoms with E-state index in [0.717, 1.165) is 4.90 Å². The summed E-state index contributed by atoms with van der Waals surface area (Å²) in [6.45, 7) is 11.7. The fraction of sp³-hybridized carbons (Fsp3) is 0.455. The maximum absolute atomic E-state index is 13.0. The van der Waals surface area contributed by atoms with Gasteiger partial charge in [0, 0.05) is 17.9 Å². The lowest BCUT2D eigenvalue weighted by molar-refractivity contribution is -0.107. The van der Waals surface area contributed by atoms with Crippen molar-refractivity contribution in [2.24, 2.45) is 0 Å². The molecule has 0 bridgehead atoms. The van der Waals surface area contributed by atoms with Crippen molar-refractivity contribution in [1.82, 2.24) is 0 Å². The fourth-order valence-corrected chi connectivity index (χ4v) is 2.91. The van der Waals surface area contributed by atoms with Crippen LogP contribution in [-0.2, 0) is 20.7 Å². The van der Waals surface area contributed by atoms with Gasteiger partial charge in [0.1, 0.15) is 23.1 Å². The first-order valence-electron chi connectivity index (χ1n) is 9.49. The lowest BCUT2D eigenvalue weighted by atomic mass is 10.00. The first-order chi connectivity index (χ1) is 13.7. The van der Waals surface area contributed by atoms with Crippen molar-refractivity contribution >= 4 is 35.1 Å². The number of carbonyl (C=O) groups is 3. The Morgan fingerprint density at radius 1 is 1.03 bits per heavy atom. The zero-order chi connectivity index (χ0) is 22.9. The van der Waals surface area contributed by atoms with E-state index in [2.05, 4.69) is 0 Å². The molecule has 0 N–H and O–H groups in total. The molecule has 8 nitrogen and oxygen atoms in total. The van der Waals surface area contributed by atoms with E-state index in [-0.39, 0.29) is 17.7 Å². The van der Waals surface area contributed by atoms with E-state index in [1.165, 1.54) is 18.2 Å². The predicted octanol–water partition coefficient (Wildman–Crippen LogP) is 4.52. The summed E-state index contributed by atoms with van der Waals surface area (Å²) < 4.78 is 16.0. The molecule has 8 heteroatoms. The van der Waals surface area contributed by atoms with Crippen LogP contribution in [0.1, 0.15) is 52.7 Å². The van der Waals surface area contributed by atoms with Gasteiger partial charge < -0.3 is 18.7 Å². The fourth-order valence-electron chi connectivity index (χ4n) is 2.91. The van der Waals surface area contributed by atoms with Crippen LogP contribution >= 0.6 is 0 Å². The molecule has 1 heterocycles. The van der Waals surface area contributed by atoms with Gasteiger partial charge in [-0.1, -0.05) is 0 Å². The van der Waals surface area contributed by atoms with Crippen molar-refractivity contribution in [3.63, 3.8) is 0 Å². The first kappa shape index (κ1) is 23.1. The summed E-state index contributed by atoms with van der Waals surface area (Å²) in [5.74, 6) is 0. The average Bonchev–Trinajstić information content (AvgIpc) is 2.53. The number of rotatable bonds is 3. The minimum atomic E-state index is -0.946. The molecule has 2 aromatic rings. The Kier molecular flexibility index (Phi) is 6.39. The normalized spacial score (nSPS) is 11.8. The summed E-state index contributed by atoms with van der Waals surface area (Å²) in [5.41, 5.74) is -1.03. The Morgan fingerprint density at radius 2 is 1.57 bits per heavy atom. The number of hydrogen-bond acceptors (Lipinski definition) is 7. The van der Waals surface area contributed by atoms with E-state index >= 15 is 0 Å². The van der Waals surface area contributed by atoms with E-state index in [0.29, 0.717) is 22.8 Å². The number of imide groups is 1. The van der Waals surface area contributed by atoms with E-state index in [4.69, 9.17) is 13.9 Å². The van der Waals surface area contributed by atoms with Gasteiger partial charge in [0.25, 0.3) is 0 Å². The van der Waals surface area contributed by atoms with E-state index in [9.17, 15) is 19.2 Å². The molecule has 2 amide bonds. The Bertz CT molecular complexity index is 1010. The number of carbonyl (C=O) groups excluding carboxylic acids is 3. The summed E-state index contributed by atoms with van der Waals surface area (Å²) in [6.07, 6.45) is -1.37. The maximum atomic E-state index is 13.0. The second-order valence-electron chi connectivity index (χ2n) is 8.85. The summed E-state index contributed by atoms with van der Waals surface area (Å²) in [4.78, 5) is 49.8. The molecule has 0 saturated carbocycles. The minimum absolute atomic E-state index is 0.120. The molecule has 0 aliphatic heterocycles. The van der Waals surface area contributed by atoms with Gasteiger partial charge in [-0.2, -0.15) is 4.90 Å². The molecule has 1 aromatic carbocycles. The van der Waals surface area contributed by atoms with Crippen LogP contribution in [-0.4, -0.2) is 29.7 Å². The van der Waals surface area contributed by atoms with Crippen molar-refractivity contribution < 1.29 is 28.3 Å². The Balaban J connectivity index is 2.77. The van der Waals surface area contributed by atoms with Gasteiger partial charge in [-0.3, -0.25) is 0 Å². The lowest BCUT2D eigenvalue weighted by Gasteiger charge is -2.29. The maximum Gasteiger partial charge on any atom is 0.424 e. The van der Waals surface area contributed by atoms with E-state index < -0.39 is 29.0 Å². The van der Waals surface area contributed by atoms with Gasteiger partial charge in [0.15, 0.2) is 0 Å². The molecule has 0 fully saturated rings.